The highest BCUT2D eigenvalue weighted by atomic mass is 15.0. The summed E-state index contributed by atoms with van der Waals surface area (Å²) >= 11 is 0. The highest BCUT2D eigenvalue weighted by Gasteiger charge is 1.84. The van der Waals surface area contributed by atoms with Gasteiger partial charge in [-0.05, 0) is 19.1 Å². The maximum absolute atomic E-state index is 4.11. The standard InChI is InChI=1S/C9H12N2/c1-2-3-7-10-9-6-4-5-8-11-9/h2-6,8H,7H2,1H3,(H,10,11)/b3-2+. The van der Waals surface area contributed by atoms with Crippen LogP contribution in [0.4, 0.5) is 5.82 Å². The minimum Gasteiger partial charge on any atom is -0.367 e. The minimum atomic E-state index is 0.841. The maximum atomic E-state index is 4.11. The third-order valence-corrected chi connectivity index (χ3v) is 1.30. The Labute approximate surface area is 67.0 Å². The molecule has 2 heteroatoms. The molecule has 1 aromatic heterocycles. The highest BCUT2D eigenvalue weighted by Crippen LogP contribution is 1.97. The molecule has 0 aliphatic rings. The van der Waals surface area contributed by atoms with Crippen LogP contribution in [0.2, 0.25) is 0 Å². The molecule has 0 bridgehead atoms. The van der Waals surface area contributed by atoms with Crippen molar-refractivity contribution in [2.75, 3.05) is 11.9 Å². The van der Waals surface area contributed by atoms with Gasteiger partial charge in [-0.15, -0.1) is 0 Å². The fourth-order valence-corrected chi connectivity index (χ4v) is 0.749. The van der Waals surface area contributed by atoms with Crippen LogP contribution < -0.4 is 5.32 Å². The van der Waals surface area contributed by atoms with E-state index < -0.39 is 0 Å². The topological polar surface area (TPSA) is 24.9 Å². The normalized spacial score (nSPS) is 10.3. The number of aromatic nitrogens is 1. The van der Waals surface area contributed by atoms with Crippen LogP contribution >= 0.6 is 0 Å². The molecule has 1 aromatic rings. The largest absolute Gasteiger partial charge is 0.367 e. The highest BCUT2D eigenvalue weighted by molar-refractivity contribution is 5.33. The zero-order valence-electron chi connectivity index (χ0n) is 6.62. The summed E-state index contributed by atoms with van der Waals surface area (Å²) in [6, 6.07) is 5.81. The van der Waals surface area contributed by atoms with Crippen molar-refractivity contribution in [1.29, 1.82) is 0 Å². The Balaban J connectivity index is 2.39. The molecular weight excluding hydrogens is 136 g/mol. The van der Waals surface area contributed by atoms with Crippen LogP contribution in [-0.2, 0) is 0 Å². The van der Waals surface area contributed by atoms with Crippen molar-refractivity contribution in [1.82, 2.24) is 4.98 Å². The Morgan fingerprint density at radius 2 is 2.45 bits per heavy atom. The Morgan fingerprint density at radius 3 is 3.09 bits per heavy atom. The van der Waals surface area contributed by atoms with Crippen LogP contribution in [0.1, 0.15) is 6.92 Å². The molecule has 1 heterocycles. The van der Waals surface area contributed by atoms with E-state index in [0.717, 1.165) is 12.4 Å². The molecule has 2 nitrogen and oxygen atoms in total. The summed E-state index contributed by atoms with van der Waals surface area (Å²) in [6.45, 7) is 2.84. The predicted octanol–water partition coefficient (Wildman–Crippen LogP) is 2.07. The van der Waals surface area contributed by atoms with E-state index in [0.29, 0.717) is 0 Å². The number of rotatable bonds is 3. The molecular formula is C9H12N2. The molecule has 0 saturated heterocycles. The van der Waals surface area contributed by atoms with Gasteiger partial charge in [0.25, 0.3) is 0 Å². The van der Waals surface area contributed by atoms with Gasteiger partial charge in [-0.2, -0.15) is 0 Å². The lowest BCUT2D eigenvalue weighted by Gasteiger charge is -1.99. The Hall–Kier alpha value is -1.31. The summed E-state index contributed by atoms with van der Waals surface area (Å²) in [6.07, 6.45) is 5.84. The van der Waals surface area contributed by atoms with Gasteiger partial charge in [-0.1, -0.05) is 18.2 Å². The fraction of sp³-hybridized carbons (Fsp3) is 0.222. The zero-order chi connectivity index (χ0) is 7.94. The Morgan fingerprint density at radius 1 is 1.55 bits per heavy atom. The van der Waals surface area contributed by atoms with Crippen LogP contribution in [0, 0.1) is 0 Å². The number of nitrogens with zero attached hydrogens (tertiary/aromatic N) is 1. The number of nitrogens with one attached hydrogen (secondary N) is 1. The Kier molecular flexibility index (Phi) is 3.19. The monoisotopic (exact) mass is 148 g/mol. The quantitative estimate of drug-likeness (QED) is 0.664. The lowest BCUT2D eigenvalue weighted by Crippen LogP contribution is -1.98. The second-order valence-corrected chi connectivity index (χ2v) is 2.16. The summed E-state index contributed by atoms with van der Waals surface area (Å²) in [5.74, 6) is 0.922. The van der Waals surface area contributed by atoms with Crippen LogP contribution in [0.15, 0.2) is 36.5 Å². The van der Waals surface area contributed by atoms with Crippen LogP contribution in [-0.4, -0.2) is 11.5 Å². The summed E-state index contributed by atoms with van der Waals surface area (Å²) in [5.41, 5.74) is 0. The summed E-state index contributed by atoms with van der Waals surface area (Å²) in [7, 11) is 0. The number of anilines is 1. The van der Waals surface area contributed by atoms with E-state index >= 15 is 0 Å². The van der Waals surface area contributed by atoms with Crippen LogP contribution in [0.25, 0.3) is 0 Å². The first-order chi connectivity index (χ1) is 5.43. The third-order valence-electron chi connectivity index (χ3n) is 1.30. The maximum Gasteiger partial charge on any atom is 0.126 e. The number of hydrogen-bond donors (Lipinski definition) is 1. The molecule has 0 aliphatic heterocycles. The number of pyridine rings is 1. The average molecular weight is 148 g/mol. The SMILES string of the molecule is C/C=C/CNc1ccccn1. The lowest BCUT2D eigenvalue weighted by molar-refractivity contribution is 1.22. The van der Waals surface area contributed by atoms with Crippen molar-refractivity contribution >= 4 is 5.82 Å². The second-order valence-electron chi connectivity index (χ2n) is 2.16. The first-order valence-electron chi connectivity index (χ1n) is 3.69. The van der Waals surface area contributed by atoms with Crippen molar-refractivity contribution in [3.8, 4) is 0 Å². The fourth-order valence-electron chi connectivity index (χ4n) is 0.749. The van der Waals surface area contributed by atoms with Gasteiger partial charge >= 0.3 is 0 Å². The predicted molar refractivity (Wildman–Crippen MR) is 47.5 cm³/mol. The van der Waals surface area contributed by atoms with Gasteiger partial charge < -0.3 is 5.32 Å². The van der Waals surface area contributed by atoms with E-state index in [1.807, 2.05) is 31.2 Å². The molecule has 0 radical (unpaired) electrons. The second kappa shape index (κ2) is 4.50. The van der Waals surface area contributed by atoms with Gasteiger partial charge in [0.15, 0.2) is 0 Å². The van der Waals surface area contributed by atoms with Crippen molar-refractivity contribution in [3.63, 3.8) is 0 Å². The van der Waals surface area contributed by atoms with Crippen molar-refractivity contribution < 1.29 is 0 Å². The van der Waals surface area contributed by atoms with E-state index in [1.54, 1.807) is 6.20 Å². The molecule has 0 saturated carbocycles. The molecule has 0 spiro atoms. The molecule has 0 amide bonds. The summed E-state index contributed by atoms with van der Waals surface area (Å²) in [4.78, 5) is 4.11. The summed E-state index contributed by atoms with van der Waals surface area (Å²) < 4.78 is 0. The zero-order valence-corrected chi connectivity index (χ0v) is 6.62. The van der Waals surface area contributed by atoms with Crippen molar-refractivity contribution in [3.05, 3.63) is 36.5 Å². The van der Waals surface area contributed by atoms with E-state index in [2.05, 4.69) is 16.4 Å². The van der Waals surface area contributed by atoms with E-state index in [9.17, 15) is 0 Å². The van der Waals surface area contributed by atoms with E-state index in [4.69, 9.17) is 0 Å². The average Bonchev–Trinajstić information content (AvgIpc) is 2.07. The first-order valence-corrected chi connectivity index (χ1v) is 3.69. The number of allylic oxidation sites excluding steroid dienone is 1. The Bertz CT molecular complexity index is 216. The first kappa shape index (κ1) is 7.79. The van der Waals surface area contributed by atoms with Crippen molar-refractivity contribution in [2.45, 2.75) is 6.92 Å². The van der Waals surface area contributed by atoms with E-state index in [-0.39, 0.29) is 0 Å². The molecule has 0 atom stereocenters. The number of hydrogen-bond acceptors (Lipinski definition) is 2. The molecule has 0 fully saturated rings. The van der Waals surface area contributed by atoms with Gasteiger partial charge in [0.1, 0.15) is 5.82 Å². The molecule has 0 aromatic carbocycles. The van der Waals surface area contributed by atoms with Gasteiger partial charge in [0.05, 0.1) is 0 Å². The van der Waals surface area contributed by atoms with Crippen molar-refractivity contribution in [2.24, 2.45) is 0 Å². The molecule has 1 N–H and O–H groups in total. The van der Waals surface area contributed by atoms with Gasteiger partial charge in [0.2, 0.25) is 0 Å². The van der Waals surface area contributed by atoms with Crippen LogP contribution in [0.5, 0.6) is 0 Å². The van der Waals surface area contributed by atoms with E-state index in [1.165, 1.54) is 0 Å². The summed E-state index contributed by atoms with van der Waals surface area (Å²) in [5, 5.41) is 3.15. The molecule has 1 rings (SSSR count). The minimum absolute atomic E-state index is 0.841. The molecule has 0 unspecified atom stereocenters. The van der Waals surface area contributed by atoms with Gasteiger partial charge in [0, 0.05) is 12.7 Å². The molecule has 0 aliphatic carbocycles. The third kappa shape index (κ3) is 2.85. The van der Waals surface area contributed by atoms with Gasteiger partial charge in [-0.25, -0.2) is 4.98 Å². The lowest BCUT2D eigenvalue weighted by atomic mass is 10.4. The van der Waals surface area contributed by atoms with Gasteiger partial charge in [-0.3, -0.25) is 0 Å². The van der Waals surface area contributed by atoms with Crippen LogP contribution in [0.3, 0.4) is 0 Å². The smallest absolute Gasteiger partial charge is 0.126 e. The molecule has 58 valence electrons. The molecule has 11 heavy (non-hydrogen) atoms.